The fourth-order valence-corrected chi connectivity index (χ4v) is 2.06. The summed E-state index contributed by atoms with van der Waals surface area (Å²) >= 11 is 0. The Morgan fingerprint density at radius 3 is 2.46 bits per heavy atom. The summed E-state index contributed by atoms with van der Waals surface area (Å²) in [5.41, 5.74) is -0.712. The number of nitrogens with one attached hydrogen (secondary N) is 1. The number of hydrogen-bond donors (Lipinski definition) is 1. The molecule has 0 spiro atoms. The summed E-state index contributed by atoms with van der Waals surface area (Å²) in [5.74, 6) is -0.885. The lowest BCUT2D eigenvalue weighted by molar-refractivity contribution is -0.141. The third-order valence-electron chi connectivity index (χ3n) is 3.13. The average molecular weight is 333 g/mol. The molecule has 2 aromatic heterocycles. The number of carbonyl (C=O) groups excluding carboxylic acids is 1. The molecule has 0 aliphatic carbocycles. The van der Waals surface area contributed by atoms with Gasteiger partial charge < -0.3 is 5.32 Å². The molecule has 1 amide bonds. The second kappa shape index (κ2) is 6.11. The smallest absolute Gasteiger partial charge is 0.322 e. The van der Waals surface area contributed by atoms with Crippen LogP contribution in [0.3, 0.4) is 0 Å². The average Bonchev–Trinajstić information content (AvgIpc) is 3.09. The maximum absolute atomic E-state index is 12.9. The zero-order valence-electron chi connectivity index (χ0n) is 12.0. The molecule has 0 atom stereocenters. The minimum absolute atomic E-state index is 0.348. The number of rotatable bonds is 3. The number of benzene rings is 1. The maximum atomic E-state index is 12.9. The molecule has 3 aromatic rings. The van der Waals surface area contributed by atoms with Crippen LogP contribution in [0.1, 0.15) is 16.1 Å². The van der Waals surface area contributed by atoms with Crippen LogP contribution in [0.5, 0.6) is 0 Å². The van der Waals surface area contributed by atoms with Gasteiger partial charge in [0.2, 0.25) is 0 Å². The first kappa shape index (κ1) is 15.7. The van der Waals surface area contributed by atoms with Crippen molar-refractivity contribution < 1.29 is 18.0 Å². The number of amides is 1. The predicted molar refractivity (Wildman–Crippen MR) is 78.6 cm³/mol. The Kier molecular flexibility index (Phi) is 3.98. The standard InChI is InChI=1S/C15H10F3N5O/c16-15(17,18)13-12(2-1-7-19-13)14(24)21-10-3-5-11(6-4-10)23-9-8-20-22-23/h1-9H,(H,21,24). The van der Waals surface area contributed by atoms with Crippen LogP contribution in [0.2, 0.25) is 0 Å². The zero-order chi connectivity index (χ0) is 17.2. The minimum Gasteiger partial charge on any atom is -0.322 e. The van der Waals surface area contributed by atoms with Crippen LogP contribution in [0.25, 0.3) is 5.69 Å². The highest BCUT2D eigenvalue weighted by Crippen LogP contribution is 2.30. The van der Waals surface area contributed by atoms with Gasteiger partial charge in [-0.3, -0.25) is 9.78 Å². The molecule has 0 unspecified atom stereocenters. The summed E-state index contributed by atoms with van der Waals surface area (Å²) in [6, 6.07) is 8.76. The summed E-state index contributed by atoms with van der Waals surface area (Å²) < 4.78 is 40.2. The van der Waals surface area contributed by atoms with E-state index in [0.29, 0.717) is 11.4 Å². The van der Waals surface area contributed by atoms with E-state index in [2.05, 4.69) is 20.6 Å². The fourth-order valence-electron chi connectivity index (χ4n) is 2.06. The molecule has 122 valence electrons. The Morgan fingerprint density at radius 1 is 1.08 bits per heavy atom. The number of nitrogens with zero attached hydrogens (tertiary/aromatic N) is 4. The lowest BCUT2D eigenvalue weighted by Crippen LogP contribution is -2.20. The molecule has 0 saturated heterocycles. The molecule has 1 N–H and O–H groups in total. The summed E-state index contributed by atoms with van der Waals surface area (Å²) in [6.45, 7) is 0. The Balaban J connectivity index is 1.81. The van der Waals surface area contributed by atoms with E-state index in [1.54, 1.807) is 30.5 Å². The number of anilines is 1. The van der Waals surface area contributed by atoms with E-state index in [4.69, 9.17) is 0 Å². The second-order valence-electron chi connectivity index (χ2n) is 4.75. The fraction of sp³-hybridized carbons (Fsp3) is 0.0667. The lowest BCUT2D eigenvalue weighted by Gasteiger charge is -2.11. The van der Waals surface area contributed by atoms with Crippen molar-refractivity contribution in [3.63, 3.8) is 0 Å². The molecule has 1 aromatic carbocycles. The highest BCUT2D eigenvalue weighted by molar-refractivity contribution is 6.05. The molecule has 2 heterocycles. The van der Waals surface area contributed by atoms with Gasteiger partial charge in [-0.05, 0) is 36.4 Å². The number of hydrogen-bond acceptors (Lipinski definition) is 4. The Morgan fingerprint density at radius 2 is 1.83 bits per heavy atom. The number of alkyl halides is 3. The van der Waals surface area contributed by atoms with E-state index >= 15 is 0 Å². The van der Waals surface area contributed by atoms with Gasteiger partial charge in [-0.15, -0.1) is 5.10 Å². The van der Waals surface area contributed by atoms with Crippen LogP contribution in [0.4, 0.5) is 18.9 Å². The molecular weight excluding hydrogens is 323 g/mol. The first-order chi connectivity index (χ1) is 11.4. The SMILES string of the molecule is O=C(Nc1ccc(-n2ccnn2)cc1)c1cccnc1C(F)(F)F. The highest BCUT2D eigenvalue weighted by Gasteiger charge is 2.36. The van der Waals surface area contributed by atoms with Crippen LogP contribution < -0.4 is 5.32 Å². The van der Waals surface area contributed by atoms with Crippen molar-refractivity contribution >= 4 is 11.6 Å². The first-order valence-electron chi connectivity index (χ1n) is 6.75. The van der Waals surface area contributed by atoms with E-state index in [1.165, 1.54) is 16.9 Å². The van der Waals surface area contributed by atoms with Gasteiger partial charge in [0.15, 0.2) is 5.69 Å². The summed E-state index contributed by atoms with van der Waals surface area (Å²) in [7, 11) is 0. The van der Waals surface area contributed by atoms with Crippen molar-refractivity contribution in [3.8, 4) is 5.69 Å². The topological polar surface area (TPSA) is 72.7 Å². The Bertz CT molecular complexity index is 844. The van der Waals surface area contributed by atoms with Gasteiger partial charge in [0.1, 0.15) is 0 Å². The van der Waals surface area contributed by atoms with E-state index < -0.39 is 23.3 Å². The molecule has 24 heavy (non-hydrogen) atoms. The third-order valence-corrected chi connectivity index (χ3v) is 3.13. The molecule has 0 bridgehead atoms. The summed E-state index contributed by atoms with van der Waals surface area (Å²) in [4.78, 5) is 15.4. The van der Waals surface area contributed by atoms with Crippen molar-refractivity contribution in [2.24, 2.45) is 0 Å². The van der Waals surface area contributed by atoms with Crippen molar-refractivity contribution in [1.82, 2.24) is 20.0 Å². The molecule has 0 aliphatic heterocycles. The molecule has 9 heteroatoms. The van der Waals surface area contributed by atoms with Crippen molar-refractivity contribution in [1.29, 1.82) is 0 Å². The molecule has 0 fully saturated rings. The minimum atomic E-state index is -4.70. The van der Waals surface area contributed by atoms with Crippen LogP contribution >= 0.6 is 0 Å². The molecule has 3 rings (SSSR count). The monoisotopic (exact) mass is 333 g/mol. The first-order valence-corrected chi connectivity index (χ1v) is 6.75. The van der Waals surface area contributed by atoms with Crippen LogP contribution in [0, 0.1) is 0 Å². The van der Waals surface area contributed by atoms with Crippen LogP contribution in [-0.4, -0.2) is 25.9 Å². The largest absolute Gasteiger partial charge is 0.434 e. The van der Waals surface area contributed by atoms with E-state index in [9.17, 15) is 18.0 Å². The molecular formula is C15H10F3N5O. The van der Waals surface area contributed by atoms with Gasteiger partial charge in [0, 0.05) is 11.9 Å². The van der Waals surface area contributed by atoms with Crippen molar-refractivity contribution in [3.05, 3.63) is 66.2 Å². The molecule has 0 radical (unpaired) electrons. The van der Waals surface area contributed by atoms with Crippen LogP contribution in [-0.2, 0) is 6.18 Å². The van der Waals surface area contributed by atoms with Crippen molar-refractivity contribution in [2.45, 2.75) is 6.18 Å². The Hall–Kier alpha value is -3.23. The quantitative estimate of drug-likeness (QED) is 0.800. The van der Waals surface area contributed by atoms with Gasteiger partial charge in [-0.25, -0.2) is 4.68 Å². The number of halogens is 3. The third kappa shape index (κ3) is 3.24. The summed E-state index contributed by atoms with van der Waals surface area (Å²) in [6.07, 6.45) is -0.563. The zero-order valence-corrected chi connectivity index (χ0v) is 12.0. The molecule has 6 nitrogen and oxygen atoms in total. The highest BCUT2D eigenvalue weighted by atomic mass is 19.4. The van der Waals surface area contributed by atoms with Crippen LogP contribution in [0.15, 0.2) is 55.0 Å². The second-order valence-corrected chi connectivity index (χ2v) is 4.75. The number of aromatic nitrogens is 4. The van der Waals surface area contributed by atoms with Gasteiger partial charge in [0.25, 0.3) is 5.91 Å². The number of carbonyl (C=O) groups is 1. The number of pyridine rings is 1. The van der Waals surface area contributed by atoms with Gasteiger partial charge in [0.05, 0.1) is 23.6 Å². The van der Waals surface area contributed by atoms with E-state index in [0.717, 1.165) is 12.3 Å². The van der Waals surface area contributed by atoms with E-state index in [1.807, 2.05) is 0 Å². The van der Waals surface area contributed by atoms with E-state index in [-0.39, 0.29) is 0 Å². The normalized spacial score (nSPS) is 11.3. The molecule has 0 saturated carbocycles. The predicted octanol–water partition coefficient (Wildman–Crippen LogP) is 2.93. The van der Waals surface area contributed by atoms with Gasteiger partial charge in [-0.1, -0.05) is 5.21 Å². The van der Waals surface area contributed by atoms with Gasteiger partial charge in [-0.2, -0.15) is 13.2 Å². The Labute approximate surface area is 133 Å². The summed E-state index contributed by atoms with van der Waals surface area (Å²) in [5, 5.41) is 9.90. The van der Waals surface area contributed by atoms with Crippen molar-refractivity contribution in [2.75, 3.05) is 5.32 Å². The maximum Gasteiger partial charge on any atom is 0.434 e. The molecule has 0 aliphatic rings. The lowest BCUT2D eigenvalue weighted by atomic mass is 10.1. The van der Waals surface area contributed by atoms with Gasteiger partial charge >= 0.3 is 6.18 Å².